The summed E-state index contributed by atoms with van der Waals surface area (Å²) in [6, 6.07) is 4.04. The minimum atomic E-state index is -1.31. The summed E-state index contributed by atoms with van der Waals surface area (Å²) in [4.78, 5) is 45.0. The van der Waals surface area contributed by atoms with Crippen molar-refractivity contribution in [1.29, 1.82) is 0 Å². The maximum atomic E-state index is 13.8. The zero-order chi connectivity index (χ0) is 24.0. The lowest BCUT2D eigenvalue weighted by atomic mass is 9.85. The van der Waals surface area contributed by atoms with Crippen LogP contribution in [0.25, 0.3) is 0 Å². The molecule has 0 saturated carbocycles. The molecule has 0 unspecified atom stereocenters. The Bertz CT molecular complexity index is 1450. The number of phenolic OH excluding ortho intramolecular Hbond substituents is 1. The molecular weight excluding hydrogens is 468 g/mol. The summed E-state index contributed by atoms with van der Waals surface area (Å²) in [5.41, 5.74) is -1.23. The maximum Gasteiger partial charge on any atom is 0.259 e. The lowest BCUT2D eigenvalue weighted by Gasteiger charge is -2.29. The highest BCUT2D eigenvalue weighted by Gasteiger charge is 2.41. The molecule has 3 N–H and O–H groups in total. The van der Waals surface area contributed by atoms with Gasteiger partial charge in [0.2, 0.25) is 11.8 Å². The van der Waals surface area contributed by atoms with Crippen molar-refractivity contribution in [3.8, 4) is 23.3 Å². The highest BCUT2D eigenvalue weighted by molar-refractivity contribution is 7.71. The second-order valence-electron chi connectivity index (χ2n) is 7.23. The standard InChI is InChI=1S/C21H20N4O6S2/c1-4-24-18-13(16(28)22-20(24)32)12(15(27)9-6-7-10(26)11(8-9)30-3)14-17(29)23-21(33)25(5-2)19(14)31-18/h6-8,12,26H,4-5H2,1-3H3,(H,22,28,32)(H,23,29,33). The first-order chi connectivity index (χ1) is 15.7. The molecule has 10 nitrogen and oxygen atoms in total. The molecule has 0 radical (unpaired) electrons. The predicted octanol–water partition coefficient (Wildman–Crippen LogP) is 3.00. The summed E-state index contributed by atoms with van der Waals surface area (Å²) in [6.45, 7) is 4.30. The highest BCUT2D eigenvalue weighted by Crippen LogP contribution is 2.43. The largest absolute Gasteiger partial charge is 0.504 e. The first kappa shape index (κ1) is 22.7. The Labute approximate surface area is 197 Å². The molecule has 1 aromatic carbocycles. The van der Waals surface area contributed by atoms with Gasteiger partial charge >= 0.3 is 0 Å². The van der Waals surface area contributed by atoms with Gasteiger partial charge in [0.1, 0.15) is 0 Å². The molecule has 172 valence electrons. The molecule has 0 spiro atoms. The predicted molar refractivity (Wildman–Crippen MR) is 124 cm³/mol. The van der Waals surface area contributed by atoms with Gasteiger partial charge < -0.3 is 14.6 Å². The Morgan fingerprint density at radius 1 is 1.06 bits per heavy atom. The molecule has 2 aromatic heterocycles. The third-order valence-electron chi connectivity index (χ3n) is 5.50. The van der Waals surface area contributed by atoms with Crippen molar-refractivity contribution in [3.63, 3.8) is 0 Å². The zero-order valence-corrected chi connectivity index (χ0v) is 19.6. The molecule has 0 saturated heterocycles. The van der Waals surface area contributed by atoms with Gasteiger partial charge in [0.15, 0.2) is 26.8 Å². The van der Waals surface area contributed by atoms with E-state index in [9.17, 15) is 19.5 Å². The second-order valence-corrected chi connectivity index (χ2v) is 8.00. The molecular formula is C21H20N4O6S2. The molecule has 1 aliphatic heterocycles. The van der Waals surface area contributed by atoms with Crippen LogP contribution in [-0.4, -0.2) is 37.1 Å². The van der Waals surface area contributed by atoms with Gasteiger partial charge in [-0.15, -0.1) is 0 Å². The fourth-order valence-electron chi connectivity index (χ4n) is 3.93. The number of hydrogen-bond acceptors (Lipinski definition) is 8. The summed E-state index contributed by atoms with van der Waals surface area (Å²) >= 11 is 10.6. The van der Waals surface area contributed by atoms with E-state index < -0.39 is 22.8 Å². The van der Waals surface area contributed by atoms with Gasteiger partial charge in [-0.1, -0.05) is 0 Å². The van der Waals surface area contributed by atoms with Crippen LogP contribution in [0.2, 0.25) is 0 Å². The number of ether oxygens (including phenoxy) is 2. The average molecular weight is 489 g/mol. The minimum Gasteiger partial charge on any atom is -0.504 e. The lowest BCUT2D eigenvalue weighted by molar-refractivity contribution is 0.0965. The number of hydrogen-bond donors (Lipinski definition) is 3. The number of phenols is 1. The monoisotopic (exact) mass is 488 g/mol. The molecule has 1 aliphatic rings. The van der Waals surface area contributed by atoms with Crippen LogP contribution >= 0.6 is 24.4 Å². The second kappa shape index (κ2) is 8.45. The third-order valence-corrected chi connectivity index (χ3v) is 6.15. The fraction of sp³-hybridized carbons (Fsp3) is 0.286. The van der Waals surface area contributed by atoms with Crippen LogP contribution in [0.15, 0.2) is 27.8 Å². The highest BCUT2D eigenvalue weighted by atomic mass is 32.1. The van der Waals surface area contributed by atoms with Gasteiger partial charge in [0, 0.05) is 18.7 Å². The van der Waals surface area contributed by atoms with Gasteiger partial charge in [-0.3, -0.25) is 33.5 Å². The Morgan fingerprint density at radius 2 is 1.58 bits per heavy atom. The fourth-order valence-corrected chi connectivity index (χ4v) is 4.54. The number of Topliss-reactive ketones (excluding diaryl/α,β-unsaturated/α-hetero) is 1. The van der Waals surface area contributed by atoms with Crippen LogP contribution in [0.3, 0.4) is 0 Å². The smallest absolute Gasteiger partial charge is 0.259 e. The van der Waals surface area contributed by atoms with Gasteiger partial charge in [-0.25, -0.2) is 0 Å². The number of ketones is 1. The molecule has 12 heteroatoms. The van der Waals surface area contributed by atoms with Crippen LogP contribution in [0, 0.1) is 9.54 Å². The number of aromatic amines is 2. The summed E-state index contributed by atoms with van der Waals surface area (Å²) in [5, 5.41) is 9.93. The van der Waals surface area contributed by atoms with Gasteiger partial charge in [0.25, 0.3) is 11.1 Å². The van der Waals surface area contributed by atoms with Crippen molar-refractivity contribution < 1.29 is 19.4 Å². The molecule has 0 aliphatic carbocycles. The van der Waals surface area contributed by atoms with E-state index in [-0.39, 0.29) is 49.5 Å². The first-order valence-corrected chi connectivity index (χ1v) is 10.9. The van der Waals surface area contributed by atoms with E-state index in [1.807, 2.05) is 0 Å². The number of benzene rings is 1. The SMILES string of the molecule is CCn1c2c(c(=O)[nH]c1=S)C(C(=O)c1ccc(O)c(OC)c1)c1c(n(CC)c(=S)[nH]c1=O)O2. The topological polar surface area (TPSA) is 131 Å². The number of nitrogens with one attached hydrogen (secondary N) is 2. The van der Waals surface area contributed by atoms with Crippen molar-refractivity contribution in [2.45, 2.75) is 32.9 Å². The number of aromatic nitrogens is 4. The summed E-state index contributed by atoms with van der Waals surface area (Å²) in [7, 11) is 1.35. The number of carbonyl (C=O) groups excluding carboxylic acids is 1. The quantitative estimate of drug-likeness (QED) is 0.369. The summed E-state index contributed by atoms with van der Waals surface area (Å²) < 4.78 is 14.5. The van der Waals surface area contributed by atoms with Crippen LogP contribution in [-0.2, 0) is 13.1 Å². The van der Waals surface area contributed by atoms with Crippen LogP contribution < -0.4 is 20.6 Å². The van der Waals surface area contributed by atoms with Gasteiger partial charge in [-0.05, 0) is 56.5 Å². The van der Waals surface area contributed by atoms with Crippen molar-refractivity contribution in [2.75, 3.05) is 7.11 Å². The normalized spacial score (nSPS) is 12.6. The molecule has 0 amide bonds. The van der Waals surface area contributed by atoms with Crippen molar-refractivity contribution >= 4 is 30.2 Å². The third kappa shape index (κ3) is 3.51. The number of nitrogens with zero attached hydrogens (tertiary/aromatic N) is 2. The van der Waals surface area contributed by atoms with Gasteiger partial charge in [0.05, 0.1) is 24.2 Å². The molecule has 0 atom stereocenters. The first-order valence-electron chi connectivity index (χ1n) is 10.1. The van der Waals surface area contributed by atoms with E-state index in [1.54, 1.807) is 13.8 Å². The number of H-pyrrole nitrogens is 2. The van der Waals surface area contributed by atoms with Crippen LogP contribution in [0.4, 0.5) is 0 Å². The minimum absolute atomic E-state index is 0.0414. The number of rotatable bonds is 5. The maximum absolute atomic E-state index is 13.8. The van der Waals surface area contributed by atoms with Gasteiger partial charge in [-0.2, -0.15) is 0 Å². The van der Waals surface area contributed by atoms with E-state index in [0.717, 1.165) is 0 Å². The zero-order valence-electron chi connectivity index (χ0n) is 17.9. The lowest BCUT2D eigenvalue weighted by Crippen LogP contribution is -2.36. The Kier molecular flexibility index (Phi) is 5.80. The van der Waals surface area contributed by atoms with E-state index in [2.05, 4.69) is 9.97 Å². The molecule has 3 aromatic rings. The molecule has 33 heavy (non-hydrogen) atoms. The molecule has 3 heterocycles. The molecule has 0 bridgehead atoms. The number of methoxy groups -OCH3 is 1. The summed E-state index contributed by atoms with van der Waals surface area (Å²) in [5.74, 6) is -1.81. The van der Waals surface area contributed by atoms with E-state index in [4.69, 9.17) is 33.9 Å². The van der Waals surface area contributed by atoms with E-state index in [1.165, 1.54) is 34.4 Å². The number of carbonyl (C=O) groups is 1. The number of fused-ring (bicyclic) bond motifs is 2. The number of aromatic hydroxyl groups is 1. The summed E-state index contributed by atoms with van der Waals surface area (Å²) in [6.07, 6.45) is 0. The van der Waals surface area contributed by atoms with E-state index in [0.29, 0.717) is 13.1 Å². The average Bonchev–Trinajstić information content (AvgIpc) is 2.78. The van der Waals surface area contributed by atoms with Crippen molar-refractivity contribution in [2.24, 2.45) is 0 Å². The molecule has 4 rings (SSSR count). The van der Waals surface area contributed by atoms with Crippen LogP contribution in [0.5, 0.6) is 23.3 Å². The Balaban J connectivity index is 2.11. The Hall–Kier alpha value is -3.51. The van der Waals surface area contributed by atoms with E-state index >= 15 is 0 Å². The molecule has 0 fully saturated rings. The van der Waals surface area contributed by atoms with Crippen molar-refractivity contribution in [1.82, 2.24) is 19.1 Å². The van der Waals surface area contributed by atoms with Crippen LogP contribution in [0.1, 0.15) is 41.3 Å². The van der Waals surface area contributed by atoms with Crippen molar-refractivity contribution in [3.05, 3.63) is 65.1 Å². The Morgan fingerprint density at radius 3 is 2.03 bits per heavy atom.